The van der Waals surface area contributed by atoms with Crippen LogP contribution in [0.5, 0.6) is 0 Å². The quantitative estimate of drug-likeness (QED) is 0.769. The highest BCUT2D eigenvalue weighted by molar-refractivity contribution is 7.99. The second-order valence-electron chi connectivity index (χ2n) is 3.83. The zero-order chi connectivity index (χ0) is 12.6. The molecule has 0 saturated carbocycles. The van der Waals surface area contributed by atoms with E-state index in [9.17, 15) is 13.2 Å². The summed E-state index contributed by atoms with van der Waals surface area (Å²) < 4.78 is 42.3. The molecular formula is C10H11F3N2S2. The van der Waals surface area contributed by atoms with Crippen LogP contribution in [-0.2, 0) is 0 Å². The van der Waals surface area contributed by atoms with Gasteiger partial charge in [-0.25, -0.2) is 9.38 Å². The van der Waals surface area contributed by atoms with Crippen LogP contribution in [0.3, 0.4) is 0 Å². The number of aryl methyl sites for hydroxylation is 1. The average molecular weight is 280 g/mol. The lowest BCUT2D eigenvalue weighted by Crippen LogP contribution is -2.33. The molecule has 1 aromatic rings. The van der Waals surface area contributed by atoms with Gasteiger partial charge in [-0.2, -0.15) is 13.2 Å². The number of alkyl halides is 3. The first-order valence-electron chi connectivity index (χ1n) is 5.16. The summed E-state index contributed by atoms with van der Waals surface area (Å²) in [7, 11) is 0. The molecule has 1 aromatic heterocycles. The lowest BCUT2D eigenvalue weighted by Gasteiger charge is -2.20. The van der Waals surface area contributed by atoms with Gasteiger partial charge in [0.05, 0.1) is 5.71 Å². The van der Waals surface area contributed by atoms with E-state index in [0.29, 0.717) is 29.1 Å². The van der Waals surface area contributed by atoms with Gasteiger partial charge in [-0.1, -0.05) is 6.92 Å². The third kappa shape index (κ3) is 2.49. The summed E-state index contributed by atoms with van der Waals surface area (Å²) in [5, 5.41) is -0.805. The molecule has 2 heterocycles. The number of halogens is 3. The fourth-order valence-corrected chi connectivity index (χ4v) is 3.68. The van der Waals surface area contributed by atoms with E-state index in [0.717, 1.165) is 4.88 Å². The Morgan fingerprint density at radius 2 is 2.12 bits per heavy atom. The minimum absolute atomic E-state index is 0.425. The molecule has 1 aliphatic heterocycles. The number of hydrogen-bond acceptors (Lipinski definition) is 4. The van der Waals surface area contributed by atoms with Crippen LogP contribution in [0.4, 0.5) is 13.2 Å². The highest BCUT2D eigenvalue weighted by Gasteiger charge is 2.50. The van der Waals surface area contributed by atoms with Gasteiger partial charge in [0.1, 0.15) is 10.3 Å². The second kappa shape index (κ2) is 4.61. The highest BCUT2D eigenvalue weighted by Crippen LogP contribution is 2.44. The normalized spacial score (nSPS) is 25.1. The summed E-state index contributed by atoms with van der Waals surface area (Å²) in [6.45, 7) is 3.64. The van der Waals surface area contributed by atoms with E-state index in [-0.39, 0.29) is 0 Å². The standard InChI is InChI=1S/C10H11F3N2S2/c1-3-6-7(9-14-4-5(2)16-9)15-17-8(6)10(11,12)13/h4,6,8H,3H2,1-2H3. The monoisotopic (exact) mass is 280 g/mol. The van der Waals surface area contributed by atoms with Gasteiger partial charge in [0.25, 0.3) is 0 Å². The van der Waals surface area contributed by atoms with Gasteiger partial charge >= 0.3 is 6.18 Å². The van der Waals surface area contributed by atoms with Crippen molar-refractivity contribution in [3.8, 4) is 0 Å². The zero-order valence-electron chi connectivity index (χ0n) is 9.28. The van der Waals surface area contributed by atoms with E-state index in [1.54, 1.807) is 13.1 Å². The molecule has 2 unspecified atom stereocenters. The van der Waals surface area contributed by atoms with Gasteiger partial charge in [0.15, 0.2) is 0 Å². The first kappa shape index (κ1) is 12.9. The van der Waals surface area contributed by atoms with Crippen LogP contribution in [0, 0.1) is 12.8 Å². The second-order valence-corrected chi connectivity index (χ2v) is 5.97. The molecule has 7 heteroatoms. The van der Waals surface area contributed by atoms with E-state index < -0.39 is 17.3 Å². The van der Waals surface area contributed by atoms with E-state index >= 15 is 0 Å². The largest absolute Gasteiger partial charge is 0.403 e. The first-order valence-corrected chi connectivity index (χ1v) is 6.82. The van der Waals surface area contributed by atoms with Crippen molar-refractivity contribution in [1.29, 1.82) is 0 Å². The Bertz CT molecular complexity index is 439. The minimum Gasteiger partial charge on any atom is -0.243 e. The number of nitrogens with zero attached hydrogens (tertiary/aromatic N) is 2. The molecule has 2 atom stereocenters. The Morgan fingerprint density at radius 3 is 2.59 bits per heavy atom. The number of rotatable bonds is 2. The topological polar surface area (TPSA) is 25.2 Å². The molecule has 0 bridgehead atoms. The maximum Gasteiger partial charge on any atom is 0.403 e. The Balaban J connectivity index is 2.26. The van der Waals surface area contributed by atoms with Crippen LogP contribution in [0.2, 0.25) is 0 Å². The zero-order valence-corrected chi connectivity index (χ0v) is 10.9. The maximum absolute atomic E-state index is 12.8. The van der Waals surface area contributed by atoms with Crippen LogP contribution < -0.4 is 0 Å². The molecule has 2 nitrogen and oxygen atoms in total. The van der Waals surface area contributed by atoms with Crippen molar-refractivity contribution in [2.45, 2.75) is 31.7 Å². The molecule has 94 valence electrons. The van der Waals surface area contributed by atoms with Crippen LogP contribution >= 0.6 is 23.3 Å². The molecule has 1 aliphatic rings. The van der Waals surface area contributed by atoms with Crippen molar-refractivity contribution < 1.29 is 13.2 Å². The predicted molar refractivity (Wildman–Crippen MR) is 64.6 cm³/mol. The predicted octanol–water partition coefficient (Wildman–Crippen LogP) is 3.86. The number of hydrogen-bond donors (Lipinski definition) is 0. The summed E-state index contributed by atoms with van der Waals surface area (Å²) in [4.78, 5) is 5.10. The molecule has 0 N–H and O–H groups in total. The molecule has 0 radical (unpaired) electrons. The van der Waals surface area contributed by atoms with Crippen LogP contribution in [0.1, 0.15) is 23.2 Å². The highest BCUT2D eigenvalue weighted by atomic mass is 32.2. The van der Waals surface area contributed by atoms with E-state index in [4.69, 9.17) is 0 Å². The summed E-state index contributed by atoms with van der Waals surface area (Å²) in [6.07, 6.45) is -2.11. The lowest BCUT2D eigenvalue weighted by molar-refractivity contribution is -0.133. The molecule has 0 amide bonds. The van der Waals surface area contributed by atoms with Crippen LogP contribution in [0.25, 0.3) is 0 Å². The van der Waals surface area contributed by atoms with Crippen molar-refractivity contribution in [2.24, 2.45) is 10.3 Å². The Labute approximate surface area is 105 Å². The van der Waals surface area contributed by atoms with Gasteiger partial charge in [-0.15, -0.1) is 11.3 Å². The third-order valence-electron chi connectivity index (χ3n) is 2.58. The fourth-order valence-electron chi connectivity index (χ4n) is 1.76. The van der Waals surface area contributed by atoms with E-state index in [1.807, 2.05) is 6.92 Å². The number of aromatic nitrogens is 1. The lowest BCUT2D eigenvalue weighted by atomic mass is 9.96. The maximum atomic E-state index is 12.8. The van der Waals surface area contributed by atoms with Crippen molar-refractivity contribution >= 4 is 29.0 Å². The van der Waals surface area contributed by atoms with Gasteiger partial charge in [0, 0.05) is 17.0 Å². The molecule has 0 saturated heterocycles. The Hall–Kier alpha value is -0.560. The summed E-state index contributed by atoms with van der Waals surface area (Å²) in [6, 6.07) is 0. The minimum atomic E-state index is -4.21. The van der Waals surface area contributed by atoms with Gasteiger partial charge < -0.3 is 0 Å². The van der Waals surface area contributed by atoms with Crippen molar-refractivity contribution in [1.82, 2.24) is 4.98 Å². The smallest absolute Gasteiger partial charge is 0.243 e. The summed E-state index contributed by atoms with van der Waals surface area (Å²) in [5.41, 5.74) is 0.498. The molecule has 17 heavy (non-hydrogen) atoms. The molecular weight excluding hydrogens is 269 g/mol. The summed E-state index contributed by atoms with van der Waals surface area (Å²) in [5.74, 6) is -0.578. The molecule has 0 spiro atoms. The fraction of sp³-hybridized carbons (Fsp3) is 0.600. The van der Waals surface area contributed by atoms with Gasteiger partial charge in [0.2, 0.25) is 0 Å². The third-order valence-corrected chi connectivity index (χ3v) is 4.64. The first-order chi connectivity index (χ1) is 7.93. The van der Waals surface area contributed by atoms with E-state index in [1.165, 1.54) is 11.3 Å². The van der Waals surface area contributed by atoms with Crippen LogP contribution in [-0.4, -0.2) is 22.1 Å². The molecule has 2 rings (SSSR count). The van der Waals surface area contributed by atoms with E-state index in [2.05, 4.69) is 9.38 Å². The molecule has 0 aromatic carbocycles. The SMILES string of the molecule is CCC1C(c2ncc(C)s2)=NSC1C(F)(F)F. The van der Waals surface area contributed by atoms with Crippen molar-refractivity contribution in [3.63, 3.8) is 0 Å². The van der Waals surface area contributed by atoms with Gasteiger partial charge in [-0.3, -0.25) is 0 Å². The molecule has 0 fully saturated rings. The Kier molecular flexibility index (Phi) is 3.49. The van der Waals surface area contributed by atoms with Crippen LogP contribution in [0.15, 0.2) is 10.6 Å². The average Bonchev–Trinajstić information content (AvgIpc) is 2.81. The molecule has 0 aliphatic carbocycles. The van der Waals surface area contributed by atoms with Gasteiger partial charge in [-0.05, 0) is 25.3 Å². The Morgan fingerprint density at radius 1 is 1.41 bits per heavy atom. The van der Waals surface area contributed by atoms with Crippen molar-refractivity contribution in [2.75, 3.05) is 0 Å². The number of thiazole rings is 1. The summed E-state index contributed by atoms with van der Waals surface area (Å²) >= 11 is 2.02. The van der Waals surface area contributed by atoms with Crippen molar-refractivity contribution in [3.05, 3.63) is 16.1 Å².